The lowest BCUT2D eigenvalue weighted by molar-refractivity contribution is -0.162. The van der Waals surface area contributed by atoms with Crippen LogP contribution >= 0.6 is 0 Å². The van der Waals surface area contributed by atoms with E-state index in [-0.39, 0.29) is 6.61 Å². The van der Waals surface area contributed by atoms with Crippen molar-refractivity contribution in [3.05, 3.63) is 84.2 Å². The molecule has 0 spiro atoms. The van der Waals surface area contributed by atoms with Crippen molar-refractivity contribution in [2.45, 2.75) is 25.6 Å². The molecule has 2 heterocycles. The van der Waals surface area contributed by atoms with E-state index in [9.17, 15) is 4.79 Å². The lowest BCUT2D eigenvalue weighted by atomic mass is 10.1. The van der Waals surface area contributed by atoms with Crippen LogP contribution in [0.3, 0.4) is 0 Å². The van der Waals surface area contributed by atoms with E-state index in [1.807, 2.05) is 54.6 Å². The van der Waals surface area contributed by atoms with Gasteiger partial charge in [-0.3, -0.25) is 4.98 Å². The van der Waals surface area contributed by atoms with Crippen molar-refractivity contribution in [3.63, 3.8) is 0 Å². The maximum atomic E-state index is 12.0. The summed E-state index contributed by atoms with van der Waals surface area (Å²) in [5, 5.41) is 4.29. The predicted molar refractivity (Wildman–Crippen MR) is 124 cm³/mol. The van der Waals surface area contributed by atoms with E-state index in [0.29, 0.717) is 29.3 Å². The maximum absolute atomic E-state index is 12.0. The molecule has 0 aliphatic carbocycles. The fourth-order valence-electron chi connectivity index (χ4n) is 3.44. The van der Waals surface area contributed by atoms with Crippen molar-refractivity contribution in [2.75, 3.05) is 20.3 Å². The van der Waals surface area contributed by atoms with Crippen LogP contribution in [0.5, 0.6) is 5.75 Å². The highest BCUT2D eigenvalue weighted by Crippen LogP contribution is 2.24. The molecule has 1 aromatic heterocycles. The minimum atomic E-state index is -0.453. The van der Waals surface area contributed by atoms with Crippen molar-refractivity contribution in [1.82, 2.24) is 4.98 Å². The first kappa shape index (κ1) is 22.5. The Kier molecular flexibility index (Phi) is 7.66. The zero-order valence-corrected chi connectivity index (χ0v) is 18.5. The van der Waals surface area contributed by atoms with Crippen LogP contribution in [0.4, 0.5) is 0 Å². The molecule has 0 saturated carbocycles. The van der Waals surface area contributed by atoms with Gasteiger partial charge < -0.3 is 19.0 Å². The summed E-state index contributed by atoms with van der Waals surface area (Å²) in [7, 11) is 1.34. The van der Waals surface area contributed by atoms with Gasteiger partial charge in [0, 0.05) is 12.6 Å². The summed E-state index contributed by atoms with van der Waals surface area (Å²) in [6, 6.07) is 21.1. The van der Waals surface area contributed by atoms with Crippen LogP contribution in [0.25, 0.3) is 11.1 Å². The number of oxime groups is 1. The van der Waals surface area contributed by atoms with Crippen molar-refractivity contribution < 1.29 is 23.8 Å². The molecule has 0 radical (unpaired) electrons. The molecule has 3 aromatic rings. The van der Waals surface area contributed by atoms with Crippen LogP contribution in [0.15, 0.2) is 78.1 Å². The van der Waals surface area contributed by atoms with E-state index in [2.05, 4.69) is 10.1 Å². The smallest absolute Gasteiger partial charge is 0.337 e. The highest BCUT2D eigenvalue weighted by Gasteiger charge is 2.17. The minimum Gasteiger partial charge on any atom is -0.487 e. The average Bonchev–Trinajstić information content (AvgIpc) is 2.89. The normalized spacial score (nSPS) is 16.2. The molecule has 1 aliphatic rings. The lowest BCUT2D eigenvalue weighted by Gasteiger charge is -2.20. The van der Waals surface area contributed by atoms with Crippen molar-refractivity contribution >= 4 is 11.7 Å². The number of benzene rings is 2. The van der Waals surface area contributed by atoms with Crippen molar-refractivity contribution in [1.29, 1.82) is 0 Å². The molecule has 1 fully saturated rings. The van der Waals surface area contributed by atoms with Gasteiger partial charge in [-0.25, -0.2) is 4.79 Å². The third kappa shape index (κ3) is 6.17. The van der Waals surface area contributed by atoms with Gasteiger partial charge in [0.2, 0.25) is 6.29 Å². The maximum Gasteiger partial charge on any atom is 0.337 e. The summed E-state index contributed by atoms with van der Waals surface area (Å²) >= 11 is 0. The fourth-order valence-corrected chi connectivity index (χ4v) is 3.44. The van der Waals surface area contributed by atoms with Gasteiger partial charge in [-0.2, -0.15) is 0 Å². The number of nitrogens with zero attached hydrogens (tertiary/aromatic N) is 2. The first-order chi connectivity index (χ1) is 16.2. The SMILES string of the molecule is COC(=O)c1ccnc(/C(COc2cccc(-c3ccccc3)c2)=N/OC2CCCCO2)c1. The Hall–Kier alpha value is -3.71. The number of aromatic nitrogens is 1. The molecule has 0 N–H and O–H groups in total. The summed E-state index contributed by atoms with van der Waals surface area (Å²) in [5.41, 5.74) is 3.43. The number of hydrogen-bond acceptors (Lipinski definition) is 7. The molecule has 1 unspecified atom stereocenters. The van der Waals surface area contributed by atoms with Gasteiger partial charge in [0.05, 0.1) is 25.0 Å². The molecule has 170 valence electrons. The molecule has 4 rings (SSSR count). The molecular weight excluding hydrogens is 420 g/mol. The van der Waals surface area contributed by atoms with Crippen LogP contribution < -0.4 is 4.74 Å². The second-order valence-electron chi connectivity index (χ2n) is 7.54. The lowest BCUT2D eigenvalue weighted by Crippen LogP contribution is -2.22. The quantitative estimate of drug-likeness (QED) is 0.279. The van der Waals surface area contributed by atoms with Gasteiger partial charge in [0.15, 0.2) is 0 Å². The Labute approximate surface area is 193 Å². The second kappa shape index (κ2) is 11.2. The Morgan fingerprint density at radius 3 is 2.70 bits per heavy atom. The van der Waals surface area contributed by atoms with E-state index in [0.717, 1.165) is 30.4 Å². The van der Waals surface area contributed by atoms with E-state index < -0.39 is 12.3 Å². The Bertz CT molecular complexity index is 1090. The Morgan fingerprint density at radius 2 is 1.91 bits per heavy atom. The average molecular weight is 447 g/mol. The number of carbonyl (C=O) groups is 1. The van der Waals surface area contributed by atoms with Gasteiger partial charge in [0.25, 0.3) is 0 Å². The fraction of sp³-hybridized carbons (Fsp3) is 0.269. The number of pyridine rings is 1. The molecular formula is C26H26N2O5. The number of esters is 1. The van der Waals surface area contributed by atoms with Gasteiger partial charge in [0.1, 0.15) is 18.1 Å². The Morgan fingerprint density at radius 1 is 1.06 bits per heavy atom. The largest absolute Gasteiger partial charge is 0.487 e. The summed E-state index contributed by atoms with van der Waals surface area (Å²) in [6.07, 6.45) is 3.93. The third-order valence-corrected chi connectivity index (χ3v) is 5.21. The number of ether oxygens (including phenoxy) is 3. The summed E-state index contributed by atoms with van der Waals surface area (Å²) in [4.78, 5) is 22.0. The van der Waals surface area contributed by atoms with Crippen LogP contribution in [0.2, 0.25) is 0 Å². The number of hydrogen-bond donors (Lipinski definition) is 0. The topological polar surface area (TPSA) is 79.2 Å². The Balaban J connectivity index is 1.54. The highest BCUT2D eigenvalue weighted by atomic mass is 16.8. The second-order valence-corrected chi connectivity index (χ2v) is 7.54. The van der Waals surface area contributed by atoms with Gasteiger partial charge >= 0.3 is 5.97 Å². The minimum absolute atomic E-state index is 0.0998. The van der Waals surface area contributed by atoms with Crippen molar-refractivity contribution in [2.24, 2.45) is 5.16 Å². The van der Waals surface area contributed by atoms with Crippen LogP contribution in [0, 0.1) is 0 Å². The highest BCUT2D eigenvalue weighted by molar-refractivity contribution is 6.01. The summed E-state index contributed by atoms with van der Waals surface area (Å²) in [6.45, 7) is 0.747. The number of carbonyl (C=O) groups excluding carboxylic acids is 1. The zero-order valence-electron chi connectivity index (χ0n) is 18.5. The van der Waals surface area contributed by atoms with E-state index in [4.69, 9.17) is 19.0 Å². The van der Waals surface area contributed by atoms with E-state index in [1.54, 1.807) is 12.1 Å². The zero-order chi connectivity index (χ0) is 22.9. The predicted octanol–water partition coefficient (Wildman–Crippen LogP) is 4.86. The molecule has 33 heavy (non-hydrogen) atoms. The number of rotatable bonds is 8. The third-order valence-electron chi connectivity index (χ3n) is 5.21. The van der Waals surface area contributed by atoms with E-state index in [1.165, 1.54) is 13.3 Å². The van der Waals surface area contributed by atoms with Crippen LogP contribution in [-0.4, -0.2) is 43.3 Å². The van der Waals surface area contributed by atoms with Gasteiger partial charge in [-0.15, -0.1) is 0 Å². The molecule has 1 atom stereocenters. The standard InChI is InChI=1S/C26H26N2O5/c1-30-26(29)21-13-14-27-23(17-21)24(28-33-25-12-5-6-15-31-25)18-32-22-11-7-10-20(16-22)19-8-3-2-4-9-19/h2-4,7-11,13-14,16-17,25H,5-6,12,15,18H2,1H3/b28-24+. The van der Waals surface area contributed by atoms with Crippen LogP contribution in [-0.2, 0) is 14.3 Å². The molecule has 7 heteroatoms. The van der Waals surface area contributed by atoms with Gasteiger partial charge in [-0.05, 0) is 48.2 Å². The molecule has 7 nitrogen and oxygen atoms in total. The molecule has 1 saturated heterocycles. The monoisotopic (exact) mass is 446 g/mol. The summed E-state index contributed by atoms with van der Waals surface area (Å²) in [5.74, 6) is 0.230. The number of methoxy groups -OCH3 is 1. The van der Waals surface area contributed by atoms with E-state index >= 15 is 0 Å². The van der Waals surface area contributed by atoms with Crippen molar-refractivity contribution in [3.8, 4) is 16.9 Å². The first-order valence-electron chi connectivity index (χ1n) is 10.9. The first-order valence-corrected chi connectivity index (χ1v) is 10.9. The summed E-state index contributed by atoms with van der Waals surface area (Å²) < 4.78 is 16.5. The molecule has 1 aliphatic heterocycles. The van der Waals surface area contributed by atoms with Crippen LogP contribution in [0.1, 0.15) is 35.3 Å². The van der Waals surface area contributed by atoms with Gasteiger partial charge in [-0.1, -0.05) is 47.6 Å². The molecule has 0 amide bonds. The molecule has 0 bridgehead atoms. The molecule has 2 aromatic carbocycles.